The van der Waals surface area contributed by atoms with E-state index in [9.17, 15) is 68.4 Å². The molecule has 3 aromatic carbocycles. The number of nitrogens with two attached hydrogens (primary N) is 4. The maximum Gasteiger partial charge on any atom is 0.252 e. The summed E-state index contributed by atoms with van der Waals surface area (Å²) in [4.78, 5) is 262. The zero-order valence-electron chi connectivity index (χ0n) is 73.5. The average Bonchev–Trinajstić information content (AvgIpc) is 1.67. The van der Waals surface area contributed by atoms with E-state index in [-0.39, 0.29) is 137 Å². The van der Waals surface area contributed by atoms with E-state index in [1.54, 1.807) is 0 Å². The Kier molecular flexibility index (Phi) is 38.5. The van der Waals surface area contributed by atoms with Crippen LogP contribution >= 0.6 is 21.6 Å². The summed E-state index contributed by atoms with van der Waals surface area (Å²) in [5.74, 6) is -19.7. The van der Waals surface area contributed by atoms with Crippen molar-refractivity contribution in [2.45, 2.75) is 226 Å². The summed E-state index contributed by atoms with van der Waals surface area (Å²) in [6.45, 7) is 3.22. The second-order valence-corrected chi connectivity index (χ2v) is 35.6. The van der Waals surface area contributed by atoms with Gasteiger partial charge in [0.1, 0.15) is 108 Å². The summed E-state index contributed by atoms with van der Waals surface area (Å²) >= 11 is 0. The van der Waals surface area contributed by atoms with Crippen molar-refractivity contribution in [2.75, 3.05) is 50.8 Å². The van der Waals surface area contributed by atoms with Crippen molar-refractivity contribution in [3.63, 3.8) is 0 Å². The van der Waals surface area contributed by atoms with Crippen molar-refractivity contribution in [3.05, 3.63) is 108 Å². The number of imidazole rings is 1. The molecule has 1 aromatic heterocycles. The van der Waals surface area contributed by atoms with Gasteiger partial charge in [-0.15, -0.1) is 0 Å². The van der Waals surface area contributed by atoms with Gasteiger partial charge in [0.2, 0.25) is 94.5 Å². The van der Waals surface area contributed by atoms with Crippen molar-refractivity contribution >= 4 is 134 Å². The number of nitrogens with one attached hydrogen (secondary N) is 18. The molecule has 5 aliphatic heterocycles. The van der Waals surface area contributed by atoms with Gasteiger partial charge >= 0.3 is 0 Å². The predicted molar refractivity (Wildman–Crippen MR) is 481 cm³/mol. The lowest BCUT2D eigenvalue weighted by Gasteiger charge is -2.32. The zero-order valence-corrected chi connectivity index (χ0v) is 75.1. The van der Waals surface area contributed by atoms with E-state index in [4.69, 9.17) is 33.8 Å². The molecule has 0 radical (unpaired) electrons. The Labute approximate surface area is 772 Å². The standard InChI is InChI=1S/C84H118N26O21S2/c1-42(85)65-78(127)100-52(10-5-30-94-84(89)90)70(119)101-55(36-46-16-22-49(112)23-17-46)72(121)105-59-40-133-132-39-58(74(123)98-51(9-4-29-93-83(87)88)69(118)97-44(3)80(129)108-32-6-12-61(108)77(126)106-65)104-67(116)43(2)96-79(128)66(57-38-91-41-95-57)107-73(122)56(37-47-18-24-50(113)25-19-47)103-76(125)60-11-7-33-109(60)81(130)62-13-8-34-110(62)82(131)63(114)28-31-92-68(117)53(26-27-64(86)115)99-71(120)54(102-75(59)124)35-45-14-20-48(111)21-15-45/h14-25,38,41-44,51-56,58-63,65-66,111-114H,4-13,26-37,39-40,85H2,1-3H3,(H2,86,115)(H,91,95)(H,92,117)(H,96,128)(H,97,118)(H,98,123)(H,99,120)(H,100,127)(H,101,119)(H,102,124)(H,103,125)(H,104,116)(H,105,121)(H,106,126)(H,107,122)(H4,87,88,93)(H4,89,90,94)/t42?,43-,44-,51-,52-,53+,54-,55-,56-,58-,59-,60-,61+,62+,63?,65?,66-/m0/s1. The molecule has 722 valence electrons. The number of aromatic hydroxyl groups is 3. The number of aliphatic hydroxyl groups excluding tert-OH is 1. The minimum absolute atomic E-state index is 0.00963. The highest BCUT2D eigenvalue weighted by atomic mass is 33.1. The number of guanidine groups is 2. The number of aliphatic hydroxyl groups is 1. The Morgan fingerprint density at radius 1 is 0.459 bits per heavy atom. The fraction of sp³-hybridized carbons (Fsp3) is 0.524. The molecule has 17 amide bonds. The molecule has 133 heavy (non-hydrogen) atoms. The molecule has 2 bridgehead atoms. The Hall–Kier alpha value is -13.6. The summed E-state index contributed by atoms with van der Waals surface area (Å²) < 4.78 is 0. The Bertz CT molecular complexity index is 4850. The van der Waals surface area contributed by atoms with Crippen LogP contribution in [0.15, 0.2) is 85.3 Å². The molecule has 47 nitrogen and oxygen atoms in total. The molecule has 17 atom stereocenters. The van der Waals surface area contributed by atoms with E-state index >= 15 is 33.6 Å². The number of aromatic nitrogens is 2. The van der Waals surface area contributed by atoms with E-state index in [1.165, 1.54) is 116 Å². The molecule has 9 rings (SSSR count). The van der Waals surface area contributed by atoms with Crippen LogP contribution in [-0.4, -0.2) is 305 Å². The number of hydrogen-bond acceptors (Lipinski definition) is 27. The number of nitrogens with zero attached hydrogens (tertiary/aromatic N) is 4. The number of phenols is 3. The summed E-state index contributed by atoms with van der Waals surface area (Å²) in [7, 11) is 1.49. The lowest BCUT2D eigenvalue weighted by molar-refractivity contribution is -0.150. The molecular weight excluding hydrogens is 1770 g/mol. The van der Waals surface area contributed by atoms with Crippen molar-refractivity contribution in [3.8, 4) is 17.2 Å². The van der Waals surface area contributed by atoms with Gasteiger partial charge in [-0.05, 0) is 151 Å². The maximum atomic E-state index is 15.7. The number of amides is 17. The van der Waals surface area contributed by atoms with Crippen LogP contribution in [-0.2, 0) is 101 Å². The van der Waals surface area contributed by atoms with Gasteiger partial charge in [0.05, 0.1) is 12.0 Å². The number of primary amides is 1. The number of hydrogen-bond donors (Lipinski definition) is 26. The SMILES string of the molecule is CC(N)C1NC(=O)[C@H]2CCCN2C(=O)[C@H](C)NC(=O)[C@H](CCCNC(=N)N)NC(=O)[C@@H]2CSSC[C@H](NC(=O)[C@H](Cc3ccc(O)cc3)NC(=O)[C@H](CCCNC(=N)N)NC1=O)C(=O)N[C@@H](Cc1ccc(O)cc1)C(=O)N[C@H](CCC(N)=O)C(=O)NCCC(O)C(=O)N1CCC[C@@H]1C(=O)N1CCC[C@H]1C(=O)N[C@@H](Cc1ccc(O)cc1)C(=O)N[C@@H](c1c[nH]cn1)C(=O)N[C@@H](C)C(=O)N2. The third-order valence-corrected chi connectivity index (χ3v) is 25.3. The van der Waals surface area contributed by atoms with E-state index in [2.05, 4.69) is 89.7 Å². The molecular formula is C84H118N26O21S2. The Balaban J connectivity index is 1.16. The molecule has 5 aliphatic rings. The fourth-order valence-corrected chi connectivity index (χ4v) is 18.0. The second-order valence-electron chi connectivity index (χ2n) is 33.0. The van der Waals surface area contributed by atoms with Crippen molar-refractivity contribution in [2.24, 2.45) is 22.9 Å². The summed E-state index contributed by atoms with van der Waals surface area (Å²) in [5.41, 5.74) is 24.0. The number of carbonyl (C=O) groups excluding carboxylic acids is 17. The third-order valence-electron chi connectivity index (χ3n) is 22.8. The monoisotopic (exact) mass is 1890 g/mol. The first-order valence-corrected chi connectivity index (χ1v) is 46.1. The van der Waals surface area contributed by atoms with Gasteiger partial charge in [0, 0.05) is 88.7 Å². The molecule has 5 saturated heterocycles. The highest BCUT2D eigenvalue weighted by molar-refractivity contribution is 8.76. The summed E-state index contributed by atoms with van der Waals surface area (Å²) in [6.07, 6.45) is -1.82. The average molecular weight is 1890 g/mol. The predicted octanol–water partition coefficient (Wildman–Crippen LogP) is -6.83. The van der Waals surface area contributed by atoms with Gasteiger partial charge in [-0.25, -0.2) is 4.98 Å². The normalized spacial score (nSPS) is 26.7. The fourth-order valence-electron chi connectivity index (χ4n) is 15.6. The Morgan fingerprint density at radius 2 is 0.857 bits per heavy atom. The molecule has 0 aliphatic carbocycles. The third kappa shape index (κ3) is 30.5. The van der Waals surface area contributed by atoms with Crippen LogP contribution in [0, 0.1) is 10.8 Å². The molecule has 30 N–H and O–H groups in total. The summed E-state index contributed by atoms with van der Waals surface area (Å²) in [6, 6.07) is -9.29. The van der Waals surface area contributed by atoms with Gasteiger partial charge in [0.15, 0.2) is 18.0 Å². The lowest BCUT2D eigenvalue weighted by Crippen LogP contribution is -2.63. The smallest absolute Gasteiger partial charge is 0.252 e. The first-order chi connectivity index (χ1) is 63.3. The lowest BCUT2D eigenvalue weighted by atomic mass is 10.0. The molecule has 0 saturated carbocycles. The van der Waals surface area contributed by atoms with Crippen molar-refractivity contribution in [1.82, 2.24) is 104 Å². The molecule has 6 heterocycles. The first kappa shape index (κ1) is 103. The van der Waals surface area contributed by atoms with Gasteiger partial charge in [-0.2, -0.15) is 0 Å². The number of rotatable bonds is 19. The number of phenolic OH excluding ortho intramolecular Hbond substituents is 3. The topological polar surface area (TPSA) is 742 Å². The quantitative estimate of drug-likeness (QED) is 0.0180. The Morgan fingerprint density at radius 3 is 1.34 bits per heavy atom. The number of carbonyl (C=O) groups is 17. The van der Waals surface area contributed by atoms with Gasteiger partial charge in [-0.3, -0.25) is 92.3 Å². The molecule has 4 aromatic rings. The van der Waals surface area contributed by atoms with Gasteiger partial charge in [-0.1, -0.05) is 58.0 Å². The molecule has 0 spiro atoms. The van der Waals surface area contributed by atoms with E-state index < -0.39 is 265 Å². The van der Waals surface area contributed by atoms with Crippen molar-refractivity contribution < 1.29 is 102 Å². The maximum absolute atomic E-state index is 15.7. The highest BCUT2D eigenvalue weighted by Crippen LogP contribution is 2.29. The summed E-state index contributed by atoms with van der Waals surface area (Å²) in [5, 5.41) is 97.5. The van der Waals surface area contributed by atoms with Crippen LogP contribution in [0.4, 0.5) is 0 Å². The molecule has 3 unspecified atom stereocenters. The molecule has 5 fully saturated rings. The van der Waals surface area contributed by atoms with E-state index in [1.807, 2.05) is 0 Å². The van der Waals surface area contributed by atoms with Crippen LogP contribution in [0.3, 0.4) is 0 Å². The largest absolute Gasteiger partial charge is 0.508 e. The van der Waals surface area contributed by atoms with Crippen molar-refractivity contribution in [1.29, 1.82) is 10.8 Å². The van der Waals surface area contributed by atoms with Crippen LogP contribution in [0.25, 0.3) is 0 Å². The molecule has 49 heteroatoms. The van der Waals surface area contributed by atoms with Gasteiger partial charge < -0.3 is 143 Å². The van der Waals surface area contributed by atoms with Crippen LogP contribution < -0.4 is 103 Å². The van der Waals surface area contributed by atoms with Crippen LogP contribution in [0.5, 0.6) is 17.2 Å². The van der Waals surface area contributed by atoms with Crippen LogP contribution in [0.2, 0.25) is 0 Å². The minimum Gasteiger partial charge on any atom is -0.508 e. The first-order valence-electron chi connectivity index (χ1n) is 43.6. The minimum atomic E-state index is -1.91. The zero-order chi connectivity index (χ0) is 96.9. The van der Waals surface area contributed by atoms with E-state index in [0.29, 0.717) is 5.56 Å². The van der Waals surface area contributed by atoms with Crippen LogP contribution in [0.1, 0.15) is 133 Å². The number of fused-ring (bicyclic) bond motifs is 8. The van der Waals surface area contributed by atoms with E-state index in [0.717, 1.165) is 26.5 Å². The number of benzene rings is 3. The van der Waals surface area contributed by atoms with Gasteiger partial charge in [0.25, 0.3) is 5.91 Å². The number of aromatic amines is 1. The number of H-pyrrole nitrogens is 1. The second kappa shape index (κ2) is 49.6. The highest BCUT2D eigenvalue weighted by Gasteiger charge is 2.46.